The van der Waals surface area contributed by atoms with Crippen LogP contribution in [-0.2, 0) is 19.6 Å². The molecule has 3 aromatic rings. The van der Waals surface area contributed by atoms with E-state index in [1.807, 2.05) is 6.07 Å². The van der Waals surface area contributed by atoms with Crippen molar-refractivity contribution in [3.63, 3.8) is 0 Å². The Morgan fingerprint density at radius 1 is 0.862 bits per heavy atom. The number of nitrogens with zero attached hydrogens (tertiary/aromatic N) is 2. The molecule has 0 unspecified atom stereocenters. The number of aromatic nitrogens is 1. The number of carbonyl (C=O) groups excluding carboxylic acids is 2. The second-order valence-corrected chi connectivity index (χ2v) is 7.88. The number of hydrogen-bond acceptors (Lipinski definition) is 4. The number of nitrogens with one attached hydrogen (secondary N) is 1. The predicted octanol–water partition coefficient (Wildman–Crippen LogP) is 1.59. The summed E-state index contributed by atoms with van der Waals surface area (Å²) in [5.41, 5.74) is 4.34. The fraction of sp³-hybridized carbons (Fsp3) is 0. The summed E-state index contributed by atoms with van der Waals surface area (Å²) in [5, 5.41) is 6.32. The van der Waals surface area contributed by atoms with Crippen LogP contribution in [-0.4, -0.2) is 24.8 Å². The van der Waals surface area contributed by atoms with Gasteiger partial charge in [-0.25, -0.2) is 18.6 Å². The number of sulfonamides is 1. The van der Waals surface area contributed by atoms with Gasteiger partial charge >= 0.3 is 0 Å². The zero-order chi connectivity index (χ0) is 20.6. The Labute approximate surface area is 166 Å². The summed E-state index contributed by atoms with van der Waals surface area (Å²) in [6.45, 7) is 0. The van der Waals surface area contributed by atoms with E-state index in [1.54, 1.807) is 59.3 Å². The van der Waals surface area contributed by atoms with Gasteiger partial charge in [-0.05, 0) is 54.6 Å². The molecule has 1 fully saturated rings. The maximum atomic E-state index is 12.7. The lowest BCUT2D eigenvalue weighted by Gasteiger charge is -2.13. The molecule has 2 heterocycles. The van der Waals surface area contributed by atoms with Crippen molar-refractivity contribution in [2.24, 2.45) is 5.14 Å². The Hall–Kier alpha value is -3.69. The molecule has 3 N–H and O–H groups in total. The number of primary sulfonamides is 1. The standard InChI is InChI=1S/C20H16N4O4S/c21-29(27,28)17-10-8-14(9-11-17)23-12-4-7-16(23)13-18-19(25)22-24(20(18)26)15-5-2-1-3-6-15/h1-13H,(H,22,25)(H2,21,27,28)/b18-13+. The topological polar surface area (TPSA) is 114 Å². The number of benzene rings is 2. The van der Waals surface area contributed by atoms with Crippen molar-refractivity contribution in [2.75, 3.05) is 5.01 Å². The summed E-state index contributed by atoms with van der Waals surface area (Å²) in [7, 11) is -3.79. The molecule has 0 radical (unpaired) electrons. The summed E-state index contributed by atoms with van der Waals surface area (Å²) < 4.78 is 24.6. The zero-order valence-electron chi connectivity index (χ0n) is 15.0. The first-order chi connectivity index (χ1) is 13.8. The molecule has 1 aliphatic rings. The van der Waals surface area contributed by atoms with E-state index < -0.39 is 21.8 Å². The van der Waals surface area contributed by atoms with Crippen molar-refractivity contribution in [3.05, 3.63) is 84.2 Å². The monoisotopic (exact) mass is 408 g/mol. The number of amides is 2. The Kier molecular flexibility index (Phi) is 4.53. The van der Waals surface area contributed by atoms with Gasteiger partial charge in [-0.15, -0.1) is 0 Å². The van der Waals surface area contributed by atoms with Crippen LogP contribution in [0.15, 0.2) is 83.4 Å². The summed E-state index contributed by atoms with van der Waals surface area (Å²) in [6.07, 6.45) is 3.23. The number of anilines is 1. The third kappa shape index (κ3) is 3.56. The minimum absolute atomic E-state index is 0.00263. The first kappa shape index (κ1) is 18.7. The van der Waals surface area contributed by atoms with Gasteiger partial charge in [0.1, 0.15) is 5.57 Å². The maximum absolute atomic E-state index is 12.7. The Morgan fingerprint density at radius 2 is 1.55 bits per heavy atom. The van der Waals surface area contributed by atoms with Gasteiger partial charge in [0.15, 0.2) is 0 Å². The van der Waals surface area contributed by atoms with Gasteiger partial charge < -0.3 is 4.57 Å². The largest absolute Gasteiger partial charge is 0.317 e. The second-order valence-electron chi connectivity index (χ2n) is 6.32. The van der Waals surface area contributed by atoms with E-state index in [9.17, 15) is 18.0 Å². The van der Waals surface area contributed by atoms with Crippen LogP contribution in [0.2, 0.25) is 0 Å². The lowest BCUT2D eigenvalue weighted by molar-refractivity contribution is -0.117. The van der Waals surface area contributed by atoms with Crippen molar-refractivity contribution < 1.29 is 18.0 Å². The van der Waals surface area contributed by atoms with E-state index in [0.717, 1.165) is 0 Å². The molecule has 1 saturated heterocycles. The average Bonchev–Trinajstić information content (AvgIpc) is 3.28. The van der Waals surface area contributed by atoms with Crippen LogP contribution < -0.4 is 15.6 Å². The van der Waals surface area contributed by atoms with Gasteiger partial charge in [0.2, 0.25) is 10.0 Å². The first-order valence-corrected chi connectivity index (χ1v) is 10.1. The average molecular weight is 408 g/mol. The third-order valence-corrected chi connectivity index (χ3v) is 5.35. The van der Waals surface area contributed by atoms with E-state index in [0.29, 0.717) is 17.1 Å². The minimum atomic E-state index is -3.79. The van der Waals surface area contributed by atoms with Crippen molar-refractivity contribution >= 4 is 33.6 Å². The van der Waals surface area contributed by atoms with E-state index in [4.69, 9.17) is 5.14 Å². The lowest BCUT2D eigenvalue weighted by Crippen LogP contribution is -2.35. The molecule has 2 aromatic carbocycles. The van der Waals surface area contributed by atoms with Crippen LogP contribution >= 0.6 is 0 Å². The zero-order valence-corrected chi connectivity index (χ0v) is 15.8. The van der Waals surface area contributed by atoms with E-state index in [2.05, 4.69) is 5.43 Å². The van der Waals surface area contributed by atoms with Gasteiger partial charge in [-0.3, -0.25) is 15.0 Å². The third-order valence-electron chi connectivity index (χ3n) is 4.42. The molecule has 146 valence electrons. The number of para-hydroxylation sites is 1. The first-order valence-electron chi connectivity index (χ1n) is 8.57. The summed E-state index contributed by atoms with van der Waals surface area (Å²) in [5.74, 6) is -0.963. The molecular weight excluding hydrogens is 392 g/mol. The fourth-order valence-electron chi connectivity index (χ4n) is 3.01. The molecule has 0 aliphatic carbocycles. The highest BCUT2D eigenvalue weighted by molar-refractivity contribution is 7.89. The molecule has 1 aliphatic heterocycles. The Bertz CT molecular complexity index is 1230. The highest BCUT2D eigenvalue weighted by Crippen LogP contribution is 2.23. The fourth-order valence-corrected chi connectivity index (χ4v) is 3.52. The van der Waals surface area contributed by atoms with Crippen molar-refractivity contribution in [1.29, 1.82) is 0 Å². The van der Waals surface area contributed by atoms with Gasteiger partial charge in [0.25, 0.3) is 11.8 Å². The summed E-state index contributed by atoms with van der Waals surface area (Å²) >= 11 is 0. The summed E-state index contributed by atoms with van der Waals surface area (Å²) in [4.78, 5) is 25.1. The van der Waals surface area contributed by atoms with Crippen molar-refractivity contribution in [3.8, 4) is 5.69 Å². The lowest BCUT2D eigenvalue weighted by atomic mass is 10.2. The molecule has 0 spiro atoms. The normalized spacial score (nSPS) is 15.8. The molecule has 8 nitrogen and oxygen atoms in total. The second kappa shape index (κ2) is 7.04. The molecular formula is C20H16N4O4S. The molecule has 9 heteroatoms. The highest BCUT2D eigenvalue weighted by atomic mass is 32.2. The molecule has 0 bridgehead atoms. The van der Waals surface area contributed by atoms with Gasteiger partial charge in [0.05, 0.1) is 10.6 Å². The SMILES string of the molecule is NS(=O)(=O)c1ccc(-n2cccc2/C=C2\C(=O)NN(c3ccccc3)C2=O)cc1. The Balaban J connectivity index is 1.67. The van der Waals surface area contributed by atoms with Crippen LogP contribution in [0.25, 0.3) is 11.8 Å². The molecule has 1 aromatic heterocycles. The van der Waals surface area contributed by atoms with Gasteiger partial charge in [-0.1, -0.05) is 18.2 Å². The van der Waals surface area contributed by atoms with Crippen LogP contribution in [0.3, 0.4) is 0 Å². The van der Waals surface area contributed by atoms with E-state index >= 15 is 0 Å². The number of carbonyl (C=O) groups is 2. The van der Waals surface area contributed by atoms with Gasteiger partial charge in [-0.2, -0.15) is 0 Å². The van der Waals surface area contributed by atoms with Crippen LogP contribution in [0.4, 0.5) is 5.69 Å². The molecule has 29 heavy (non-hydrogen) atoms. The van der Waals surface area contributed by atoms with Crippen LogP contribution in [0.5, 0.6) is 0 Å². The quantitative estimate of drug-likeness (QED) is 0.504. The number of rotatable bonds is 4. The minimum Gasteiger partial charge on any atom is -0.317 e. The predicted molar refractivity (Wildman–Crippen MR) is 107 cm³/mol. The molecule has 0 atom stereocenters. The highest BCUT2D eigenvalue weighted by Gasteiger charge is 2.34. The maximum Gasteiger partial charge on any atom is 0.282 e. The number of nitrogens with two attached hydrogens (primary N) is 1. The molecule has 2 amide bonds. The van der Waals surface area contributed by atoms with Crippen LogP contribution in [0.1, 0.15) is 5.69 Å². The van der Waals surface area contributed by atoms with Crippen LogP contribution in [0, 0.1) is 0 Å². The van der Waals surface area contributed by atoms with E-state index in [1.165, 1.54) is 23.2 Å². The molecule has 4 rings (SSSR count). The summed E-state index contributed by atoms with van der Waals surface area (Å²) in [6, 6.07) is 18.3. The van der Waals surface area contributed by atoms with Crippen molar-refractivity contribution in [2.45, 2.75) is 4.90 Å². The van der Waals surface area contributed by atoms with E-state index in [-0.39, 0.29) is 10.5 Å². The number of hydrazine groups is 1. The molecule has 0 saturated carbocycles. The smallest absolute Gasteiger partial charge is 0.282 e. The Morgan fingerprint density at radius 3 is 2.21 bits per heavy atom. The van der Waals surface area contributed by atoms with Crippen molar-refractivity contribution in [1.82, 2.24) is 9.99 Å². The number of hydrogen-bond donors (Lipinski definition) is 2. The van der Waals surface area contributed by atoms with Gasteiger partial charge in [0, 0.05) is 17.6 Å².